The van der Waals surface area contributed by atoms with Gasteiger partial charge in [0, 0.05) is 6.07 Å². The number of ketones is 1. The number of alkyl halides is 1. The van der Waals surface area contributed by atoms with Crippen LogP contribution in [0.3, 0.4) is 0 Å². The van der Waals surface area contributed by atoms with Gasteiger partial charge in [0.2, 0.25) is 0 Å². The van der Waals surface area contributed by atoms with Crippen molar-refractivity contribution in [3.63, 3.8) is 0 Å². The van der Waals surface area contributed by atoms with E-state index in [9.17, 15) is 4.79 Å². The maximum absolute atomic E-state index is 12.6. The summed E-state index contributed by atoms with van der Waals surface area (Å²) in [7, 11) is 3.18. The Bertz CT molecular complexity index is 481. The summed E-state index contributed by atoms with van der Waals surface area (Å²) in [5.41, 5.74) is 0.621. The lowest BCUT2D eigenvalue weighted by atomic mass is 9.85. The van der Waals surface area contributed by atoms with Crippen molar-refractivity contribution in [2.45, 2.75) is 43.4 Å². The number of halogens is 1. The molecule has 0 heterocycles. The molecule has 1 unspecified atom stereocenters. The summed E-state index contributed by atoms with van der Waals surface area (Å²) in [6.45, 7) is 0. The maximum atomic E-state index is 12.6. The number of Topliss-reactive ketones (excluding diaryl/α,β-unsaturated/α-hetero) is 1. The van der Waals surface area contributed by atoms with Gasteiger partial charge in [-0.2, -0.15) is 0 Å². The highest BCUT2D eigenvalue weighted by atomic mass is 79.9. The first-order chi connectivity index (χ1) is 10.2. The molecule has 1 saturated carbocycles. The number of hydrogen-bond acceptors (Lipinski definition) is 3. The van der Waals surface area contributed by atoms with E-state index >= 15 is 0 Å². The highest BCUT2D eigenvalue weighted by Crippen LogP contribution is 2.32. The first-order valence-corrected chi connectivity index (χ1v) is 8.47. The molecular weight excluding hydrogens is 332 g/mol. The smallest absolute Gasteiger partial charge is 0.180 e. The van der Waals surface area contributed by atoms with Crippen molar-refractivity contribution in [3.05, 3.63) is 23.8 Å². The van der Waals surface area contributed by atoms with Crippen LogP contribution >= 0.6 is 15.9 Å². The molecular formula is C17H23BrO3. The third-order valence-corrected chi connectivity index (χ3v) is 5.01. The molecule has 0 N–H and O–H groups in total. The van der Waals surface area contributed by atoms with E-state index < -0.39 is 0 Å². The number of hydrogen-bond donors (Lipinski definition) is 0. The fourth-order valence-electron chi connectivity index (χ4n) is 2.99. The second kappa shape index (κ2) is 7.83. The molecule has 0 saturated heterocycles. The second-order valence-electron chi connectivity index (χ2n) is 5.64. The lowest BCUT2D eigenvalue weighted by molar-refractivity contribution is 0.0977. The van der Waals surface area contributed by atoms with Crippen LogP contribution < -0.4 is 9.47 Å². The highest BCUT2D eigenvalue weighted by molar-refractivity contribution is 9.10. The Morgan fingerprint density at radius 2 is 1.95 bits per heavy atom. The Morgan fingerprint density at radius 3 is 2.57 bits per heavy atom. The highest BCUT2D eigenvalue weighted by Gasteiger charge is 2.25. The zero-order valence-corrected chi connectivity index (χ0v) is 14.3. The van der Waals surface area contributed by atoms with Gasteiger partial charge in [-0.1, -0.05) is 48.0 Å². The van der Waals surface area contributed by atoms with Crippen LogP contribution in [0.1, 0.15) is 48.9 Å². The van der Waals surface area contributed by atoms with Crippen LogP contribution in [0, 0.1) is 5.92 Å². The number of rotatable bonds is 6. The van der Waals surface area contributed by atoms with Crippen molar-refractivity contribution in [1.82, 2.24) is 0 Å². The molecule has 3 nitrogen and oxygen atoms in total. The molecule has 1 aromatic rings. The largest absolute Gasteiger partial charge is 0.497 e. The topological polar surface area (TPSA) is 35.5 Å². The lowest BCUT2D eigenvalue weighted by Gasteiger charge is -2.23. The Morgan fingerprint density at radius 1 is 1.24 bits per heavy atom. The number of ether oxygens (including phenoxy) is 2. The van der Waals surface area contributed by atoms with Gasteiger partial charge in [-0.3, -0.25) is 4.79 Å². The van der Waals surface area contributed by atoms with Gasteiger partial charge in [-0.25, -0.2) is 0 Å². The number of carbonyl (C=O) groups is 1. The predicted octanol–water partition coefficient (Wildman–Crippen LogP) is 4.62. The fourth-order valence-corrected chi connectivity index (χ4v) is 3.77. The van der Waals surface area contributed by atoms with Crippen LogP contribution in [0.5, 0.6) is 11.5 Å². The van der Waals surface area contributed by atoms with E-state index in [4.69, 9.17) is 9.47 Å². The van der Waals surface area contributed by atoms with Crippen molar-refractivity contribution in [2.24, 2.45) is 5.92 Å². The standard InChI is InChI=1S/C17H23BrO3/c1-20-13-8-9-14(16(11-13)21-2)17(19)15(18)10-12-6-4-3-5-7-12/h8-9,11-12,15H,3-7,10H2,1-2H3. The molecule has 21 heavy (non-hydrogen) atoms. The van der Waals surface area contributed by atoms with Gasteiger partial charge in [0.25, 0.3) is 0 Å². The molecule has 4 heteroatoms. The molecule has 1 aliphatic rings. The van der Waals surface area contributed by atoms with Gasteiger partial charge in [0.15, 0.2) is 5.78 Å². The number of carbonyl (C=O) groups excluding carboxylic acids is 1. The normalized spacial score (nSPS) is 17.3. The summed E-state index contributed by atoms with van der Waals surface area (Å²) in [6, 6.07) is 5.35. The molecule has 0 radical (unpaired) electrons. The van der Waals surface area contributed by atoms with Crippen LogP contribution in [0.2, 0.25) is 0 Å². The average molecular weight is 355 g/mol. The number of methoxy groups -OCH3 is 2. The van der Waals surface area contributed by atoms with E-state index in [-0.39, 0.29) is 10.6 Å². The Labute approximate surface area is 135 Å². The molecule has 0 amide bonds. The van der Waals surface area contributed by atoms with Crippen LogP contribution in [0.15, 0.2) is 18.2 Å². The summed E-state index contributed by atoms with van der Waals surface area (Å²) in [4.78, 5) is 12.5. The van der Waals surface area contributed by atoms with E-state index in [1.807, 2.05) is 0 Å². The maximum Gasteiger partial charge on any atom is 0.180 e. The minimum atomic E-state index is -0.136. The van der Waals surface area contributed by atoms with Crippen LogP contribution in [0.4, 0.5) is 0 Å². The van der Waals surface area contributed by atoms with E-state index in [2.05, 4.69) is 15.9 Å². The fraction of sp³-hybridized carbons (Fsp3) is 0.588. The van der Waals surface area contributed by atoms with Crippen molar-refractivity contribution in [3.8, 4) is 11.5 Å². The lowest BCUT2D eigenvalue weighted by Crippen LogP contribution is -2.20. The van der Waals surface area contributed by atoms with Crippen molar-refractivity contribution >= 4 is 21.7 Å². The summed E-state index contributed by atoms with van der Waals surface area (Å²) < 4.78 is 10.5. The Hall–Kier alpha value is -1.03. The van der Waals surface area contributed by atoms with Gasteiger partial charge < -0.3 is 9.47 Å². The predicted molar refractivity (Wildman–Crippen MR) is 87.8 cm³/mol. The van der Waals surface area contributed by atoms with Gasteiger partial charge in [-0.05, 0) is 24.5 Å². The average Bonchev–Trinajstić information content (AvgIpc) is 2.54. The molecule has 0 spiro atoms. The first kappa shape index (κ1) is 16.3. The minimum Gasteiger partial charge on any atom is -0.497 e. The zero-order valence-electron chi connectivity index (χ0n) is 12.7. The quantitative estimate of drug-likeness (QED) is 0.552. The molecule has 2 rings (SSSR count). The summed E-state index contributed by atoms with van der Waals surface area (Å²) >= 11 is 3.58. The number of benzene rings is 1. The van der Waals surface area contributed by atoms with Crippen molar-refractivity contribution < 1.29 is 14.3 Å². The SMILES string of the molecule is COc1ccc(C(=O)C(Br)CC2CCCCC2)c(OC)c1. The van der Waals surface area contributed by atoms with E-state index in [1.54, 1.807) is 32.4 Å². The minimum absolute atomic E-state index is 0.0973. The van der Waals surface area contributed by atoms with E-state index in [0.29, 0.717) is 23.0 Å². The molecule has 116 valence electrons. The molecule has 0 aliphatic heterocycles. The third-order valence-electron chi connectivity index (χ3n) is 4.22. The first-order valence-electron chi connectivity index (χ1n) is 7.56. The van der Waals surface area contributed by atoms with Crippen molar-refractivity contribution in [1.29, 1.82) is 0 Å². The molecule has 1 aliphatic carbocycles. The summed E-state index contributed by atoms with van der Waals surface area (Å²) in [6.07, 6.45) is 7.33. The van der Waals surface area contributed by atoms with Crippen molar-refractivity contribution in [2.75, 3.05) is 14.2 Å². The molecule has 0 aromatic heterocycles. The van der Waals surface area contributed by atoms with Crippen LogP contribution in [-0.2, 0) is 0 Å². The monoisotopic (exact) mass is 354 g/mol. The summed E-state index contributed by atoms with van der Waals surface area (Å²) in [5.74, 6) is 2.03. The Kier molecular flexibility index (Phi) is 6.09. The molecule has 1 fully saturated rings. The second-order valence-corrected chi connectivity index (χ2v) is 6.74. The molecule has 0 bridgehead atoms. The van der Waals surface area contributed by atoms with Gasteiger partial charge >= 0.3 is 0 Å². The van der Waals surface area contributed by atoms with E-state index in [1.165, 1.54) is 32.1 Å². The third kappa shape index (κ3) is 4.22. The van der Waals surface area contributed by atoms with Crippen LogP contribution in [-0.4, -0.2) is 24.8 Å². The van der Waals surface area contributed by atoms with Gasteiger partial charge in [0.1, 0.15) is 11.5 Å². The zero-order chi connectivity index (χ0) is 15.2. The molecule has 1 atom stereocenters. The van der Waals surface area contributed by atoms with Gasteiger partial charge in [-0.15, -0.1) is 0 Å². The van der Waals surface area contributed by atoms with Gasteiger partial charge in [0.05, 0.1) is 24.6 Å². The summed E-state index contributed by atoms with van der Waals surface area (Å²) in [5, 5.41) is 0. The van der Waals surface area contributed by atoms with Crippen LogP contribution in [0.25, 0.3) is 0 Å². The Balaban J connectivity index is 2.07. The molecule has 1 aromatic carbocycles. The van der Waals surface area contributed by atoms with E-state index in [0.717, 1.165) is 6.42 Å².